The van der Waals surface area contributed by atoms with E-state index in [-0.39, 0.29) is 0 Å². The molecule has 4 aromatic heterocycles. The molecule has 0 saturated carbocycles. The molecule has 1 aliphatic carbocycles. The highest BCUT2D eigenvalue weighted by Crippen LogP contribution is 2.44. The summed E-state index contributed by atoms with van der Waals surface area (Å²) < 4.78 is 3.96. The van der Waals surface area contributed by atoms with E-state index in [0.29, 0.717) is 5.92 Å². The summed E-state index contributed by atoms with van der Waals surface area (Å²) in [5, 5.41) is 15.2. The zero-order valence-corrected chi connectivity index (χ0v) is 13.9. The van der Waals surface area contributed by atoms with E-state index < -0.39 is 0 Å². The van der Waals surface area contributed by atoms with Crippen molar-refractivity contribution in [3.8, 4) is 0 Å². The molecule has 0 fully saturated rings. The number of fused-ring (bicyclic) bond motifs is 8. The Morgan fingerprint density at radius 2 is 2.27 bits per heavy atom. The quantitative estimate of drug-likeness (QED) is 0.502. The van der Waals surface area contributed by atoms with E-state index in [4.69, 9.17) is 0 Å². The second kappa shape index (κ2) is 4.42. The first-order valence-electron chi connectivity index (χ1n) is 7.35. The van der Waals surface area contributed by atoms with Gasteiger partial charge in [0.1, 0.15) is 11.2 Å². The molecule has 112 valence electrons. The molecule has 8 heteroatoms. The highest BCUT2D eigenvalue weighted by molar-refractivity contribution is 7.98. The van der Waals surface area contributed by atoms with Gasteiger partial charge in [0, 0.05) is 4.88 Å². The van der Waals surface area contributed by atoms with Crippen LogP contribution >= 0.6 is 23.1 Å². The molecular weight excluding hydrogens is 316 g/mol. The second-order valence-corrected chi connectivity index (χ2v) is 7.59. The lowest BCUT2D eigenvalue weighted by atomic mass is 9.87. The normalized spacial score (nSPS) is 18.5. The molecule has 1 aliphatic rings. The predicted molar refractivity (Wildman–Crippen MR) is 88.0 cm³/mol. The third kappa shape index (κ3) is 1.46. The van der Waals surface area contributed by atoms with Crippen molar-refractivity contribution in [3.63, 3.8) is 0 Å². The first-order chi connectivity index (χ1) is 10.8. The summed E-state index contributed by atoms with van der Waals surface area (Å²) >= 11 is 3.49. The molecule has 0 bridgehead atoms. The molecule has 0 radical (unpaired) electrons. The van der Waals surface area contributed by atoms with Crippen molar-refractivity contribution in [1.29, 1.82) is 0 Å². The van der Waals surface area contributed by atoms with Gasteiger partial charge in [-0.15, -0.1) is 21.5 Å². The fraction of sp³-hybridized carbons (Fsp3) is 0.429. The Morgan fingerprint density at radius 1 is 1.36 bits per heavy atom. The second-order valence-electron chi connectivity index (χ2n) is 5.73. The first-order valence-corrected chi connectivity index (χ1v) is 9.39. The van der Waals surface area contributed by atoms with E-state index in [1.807, 2.05) is 22.1 Å². The lowest BCUT2D eigenvalue weighted by Crippen LogP contribution is -2.05. The van der Waals surface area contributed by atoms with Gasteiger partial charge in [0.05, 0.1) is 5.39 Å². The van der Waals surface area contributed by atoms with Gasteiger partial charge in [-0.2, -0.15) is 9.61 Å². The molecule has 1 atom stereocenters. The van der Waals surface area contributed by atoms with E-state index in [0.717, 1.165) is 23.0 Å². The molecule has 22 heavy (non-hydrogen) atoms. The molecule has 6 nitrogen and oxygen atoms in total. The minimum absolute atomic E-state index is 0.574. The summed E-state index contributed by atoms with van der Waals surface area (Å²) in [7, 11) is 0. The van der Waals surface area contributed by atoms with Gasteiger partial charge >= 0.3 is 0 Å². The summed E-state index contributed by atoms with van der Waals surface area (Å²) in [5.74, 6) is 1.32. The monoisotopic (exact) mass is 330 g/mol. The summed E-state index contributed by atoms with van der Waals surface area (Å²) in [6.07, 6.45) is 7.32. The van der Waals surface area contributed by atoms with Crippen LogP contribution in [-0.4, -0.2) is 35.5 Å². The van der Waals surface area contributed by atoms with Gasteiger partial charge in [0.15, 0.2) is 10.8 Å². The summed E-state index contributed by atoms with van der Waals surface area (Å²) in [4.78, 5) is 7.22. The number of thiophene rings is 1. The number of hydrogen-bond donors (Lipinski definition) is 0. The van der Waals surface area contributed by atoms with Gasteiger partial charge in [-0.05, 0) is 37.0 Å². The Bertz CT molecular complexity index is 1030. The molecule has 0 saturated heterocycles. The van der Waals surface area contributed by atoms with Gasteiger partial charge in [0.25, 0.3) is 5.78 Å². The van der Waals surface area contributed by atoms with E-state index in [1.54, 1.807) is 18.1 Å². The van der Waals surface area contributed by atoms with E-state index in [9.17, 15) is 0 Å². The van der Waals surface area contributed by atoms with Gasteiger partial charge in [-0.25, -0.2) is 9.38 Å². The summed E-state index contributed by atoms with van der Waals surface area (Å²) in [6, 6.07) is 0. The Balaban J connectivity index is 2.09. The lowest BCUT2D eigenvalue weighted by molar-refractivity contribution is 0.602. The molecule has 0 amide bonds. The average Bonchev–Trinajstić information content (AvgIpc) is 3.21. The maximum absolute atomic E-state index is 4.52. The van der Waals surface area contributed by atoms with Crippen LogP contribution in [0, 0.1) is 0 Å². The zero-order valence-electron chi connectivity index (χ0n) is 12.3. The molecule has 0 aliphatic heterocycles. The average molecular weight is 330 g/mol. The molecule has 4 aromatic rings. The Labute approximate surface area is 134 Å². The third-order valence-corrected chi connectivity index (χ3v) is 6.38. The van der Waals surface area contributed by atoms with Crippen molar-refractivity contribution in [2.45, 2.75) is 37.3 Å². The number of rotatable bonds is 1. The van der Waals surface area contributed by atoms with Crippen LogP contribution in [0.25, 0.3) is 21.6 Å². The number of aromatic nitrogens is 6. The van der Waals surface area contributed by atoms with Crippen LogP contribution in [0.1, 0.15) is 36.1 Å². The van der Waals surface area contributed by atoms with Gasteiger partial charge in [-0.3, -0.25) is 0 Å². The molecular formula is C14H14N6S2. The number of hydrogen-bond acceptors (Lipinski definition) is 6. The standard InChI is InChI=1S/C14H14N6S2/c1-7-4-3-5-8-9(7)10-11-15-6-16-20(11)13-17-18-14(21-2)19(13)12(10)22-8/h6-7H,3-5H2,1-2H3. The Kier molecular flexibility index (Phi) is 2.58. The largest absolute Gasteiger partial charge is 0.260 e. The Hall–Kier alpha value is -1.67. The van der Waals surface area contributed by atoms with Crippen molar-refractivity contribution >= 4 is 44.7 Å². The molecule has 0 spiro atoms. The first kappa shape index (κ1) is 12.8. The van der Waals surface area contributed by atoms with Crippen LogP contribution in [0.4, 0.5) is 0 Å². The molecule has 5 rings (SSSR count). The maximum atomic E-state index is 4.52. The summed E-state index contributed by atoms with van der Waals surface area (Å²) in [5.41, 5.74) is 2.38. The van der Waals surface area contributed by atoms with Crippen LogP contribution in [0.3, 0.4) is 0 Å². The van der Waals surface area contributed by atoms with Crippen molar-refractivity contribution in [2.24, 2.45) is 0 Å². The molecule has 1 unspecified atom stereocenters. The van der Waals surface area contributed by atoms with Gasteiger partial charge in [-0.1, -0.05) is 18.7 Å². The molecule has 0 N–H and O–H groups in total. The minimum atomic E-state index is 0.574. The SMILES string of the molecule is CSc1nnc2n3ncnc3c3c4c(sc3n12)CCCC4C. The van der Waals surface area contributed by atoms with Gasteiger partial charge < -0.3 is 0 Å². The lowest BCUT2D eigenvalue weighted by Gasteiger charge is -2.18. The van der Waals surface area contributed by atoms with Crippen LogP contribution < -0.4 is 0 Å². The van der Waals surface area contributed by atoms with Crippen LogP contribution in [-0.2, 0) is 6.42 Å². The van der Waals surface area contributed by atoms with Crippen LogP contribution in [0.5, 0.6) is 0 Å². The minimum Gasteiger partial charge on any atom is -0.244 e. The number of aryl methyl sites for hydroxylation is 1. The van der Waals surface area contributed by atoms with E-state index >= 15 is 0 Å². The third-order valence-electron chi connectivity index (χ3n) is 4.50. The van der Waals surface area contributed by atoms with Crippen LogP contribution in [0.15, 0.2) is 11.5 Å². The fourth-order valence-electron chi connectivity index (χ4n) is 3.54. The molecule has 0 aromatic carbocycles. The predicted octanol–water partition coefficient (Wildman–Crippen LogP) is 3.15. The topological polar surface area (TPSA) is 60.4 Å². The summed E-state index contributed by atoms with van der Waals surface area (Å²) in [6.45, 7) is 2.32. The Morgan fingerprint density at radius 3 is 3.14 bits per heavy atom. The van der Waals surface area contributed by atoms with Crippen molar-refractivity contribution in [1.82, 2.24) is 29.2 Å². The number of nitrogens with zero attached hydrogens (tertiary/aromatic N) is 6. The van der Waals surface area contributed by atoms with Crippen molar-refractivity contribution in [2.75, 3.05) is 6.26 Å². The van der Waals surface area contributed by atoms with Gasteiger partial charge in [0.2, 0.25) is 0 Å². The maximum Gasteiger partial charge on any atom is 0.260 e. The van der Waals surface area contributed by atoms with Crippen molar-refractivity contribution in [3.05, 3.63) is 16.8 Å². The number of thioether (sulfide) groups is 1. The van der Waals surface area contributed by atoms with E-state index in [2.05, 4.69) is 31.6 Å². The smallest absolute Gasteiger partial charge is 0.244 e. The zero-order chi connectivity index (χ0) is 14.8. The molecule has 4 heterocycles. The fourth-order valence-corrected chi connectivity index (χ4v) is 5.53. The van der Waals surface area contributed by atoms with Crippen molar-refractivity contribution < 1.29 is 0 Å². The highest BCUT2D eigenvalue weighted by Gasteiger charge is 2.27. The van der Waals surface area contributed by atoms with E-state index in [1.165, 1.54) is 33.5 Å². The van der Waals surface area contributed by atoms with Crippen LogP contribution in [0.2, 0.25) is 0 Å². The highest BCUT2D eigenvalue weighted by atomic mass is 32.2.